The van der Waals surface area contributed by atoms with Gasteiger partial charge in [-0.1, -0.05) is 19.1 Å². The summed E-state index contributed by atoms with van der Waals surface area (Å²) in [6, 6.07) is 0. The van der Waals surface area contributed by atoms with Gasteiger partial charge in [-0.05, 0) is 22.4 Å². The minimum Gasteiger partial charge on any atom is -0.378 e. The molecular weight excluding hydrogens is 292 g/mol. The number of aromatic nitrogens is 2. The lowest BCUT2D eigenvalue weighted by Crippen LogP contribution is -2.09. The van der Waals surface area contributed by atoms with Crippen LogP contribution in [-0.2, 0) is 16.1 Å². The molecular formula is C10H15BrN2O2S. The summed E-state index contributed by atoms with van der Waals surface area (Å²) in [5.41, 5.74) is 0.882. The van der Waals surface area contributed by atoms with E-state index < -0.39 is 0 Å². The summed E-state index contributed by atoms with van der Waals surface area (Å²) < 4.78 is 11.7. The summed E-state index contributed by atoms with van der Waals surface area (Å²) in [6.45, 7) is 2.49. The first-order valence-electron chi connectivity index (χ1n) is 4.94. The molecule has 0 aliphatic heterocycles. The number of methoxy groups -OCH3 is 2. The maximum Gasteiger partial charge on any atom is 0.144 e. The fraction of sp³-hybridized carbons (Fsp3) is 0.600. The summed E-state index contributed by atoms with van der Waals surface area (Å²) in [5, 5.41) is 0. The molecule has 4 nitrogen and oxygen atoms in total. The molecule has 1 heterocycles. The highest BCUT2D eigenvalue weighted by Crippen LogP contribution is 2.21. The highest BCUT2D eigenvalue weighted by molar-refractivity contribution is 9.10. The van der Waals surface area contributed by atoms with Gasteiger partial charge in [-0.25, -0.2) is 4.98 Å². The Morgan fingerprint density at radius 3 is 2.69 bits per heavy atom. The lowest BCUT2D eigenvalue weighted by atomic mass is 10.2. The molecule has 0 fully saturated rings. The Balaban J connectivity index is 3.17. The molecule has 0 radical (unpaired) electrons. The molecule has 0 amide bonds. The Morgan fingerprint density at radius 2 is 2.19 bits per heavy atom. The number of nitrogens with zero attached hydrogens (tertiary/aromatic N) is 1. The number of rotatable bonds is 5. The number of nitrogens with one attached hydrogen (secondary N) is 1. The highest BCUT2D eigenvalue weighted by atomic mass is 79.9. The van der Waals surface area contributed by atoms with Crippen molar-refractivity contribution in [1.82, 2.24) is 9.97 Å². The van der Waals surface area contributed by atoms with Crippen molar-refractivity contribution in [3.05, 3.63) is 20.6 Å². The zero-order chi connectivity index (χ0) is 12.1. The third-order valence-electron chi connectivity index (χ3n) is 2.20. The number of halogens is 1. The molecule has 0 bridgehead atoms. The Labute approximate surface area is 109 Å². The van der Waals surface area contributed by atoms with E-state index in [-0.39, 0.29) is 6.10 Å². The average molecular weight is 307 g/mol. The van der Waals surface area contributed by atoms with Crippen molar-refractivity contribution in [3.8, 4) is 0 Å². The van der Waals surface area contributed by atoms with Crippen LogP contribution in [0.5, 0.6) is 0 Å². The van der Waals surface area contributed by atoms with E-state index in [0.29, 0.717) is 11.2 Å². The minimum absolute atomic E-state index is 0.0644. The molecule has 0 spiro atoms. The van der Waals surface area contributed by atoms with Gasteiger partial charge in [0.05, 0.1) is 16.8 Å². The van der Waals surface area contributed by atoms with Gasteiger partial charge >= 0.3 is 0 Å². The molecule has 1 aromatic rings. The quantitative estimate of drug-likeness (QED) is 0.849. The van der Waals surface area contributed by atoms with Gasteiger partial charge in [-0.15, -0.1) is 0 Å². The van der Waals surface area contributed by atoms with Gasteiger partial charge in [0.25, 0.3) is 0 Å². The molecule has 90 valence electrons. The van der Waals surface area contributed by atoms with Crippen LogP contribution < -0.4 is 0 Å². The molecule has 0 saturated carbocycles. The Kier molecular flexibility index (Phi) is 5.54. The van der Waals surface area contributed by atoms with Crippen molar-refractivity contribution in [2.75, 3.05) is 14.2 Å². The standard InChI is InChI=1S/C10H15BrN2O2S/c1-4-7(15-3)9-12-6(5-14-2)8(11)10(16)13-9/h7H,4-5H2,1-3H3,(H,12,13,16). The third kappa shape index (κ3) is 3.10. The fourth-order valence-electron chi connectivity index (χ4n) is 1.39. The van der Waals surface area contributed by atoms with Crippen LogP contribution in [0.3, 0.4) is 0 Å². The van der Waals surface area contributed by atoms with Gasteiger partial charge in [-0.2, -0.15) is 0 Å². The molecule has 1 rings (SSSR count). The third-order valence-corrected chi connectivity index (χ3v) is 3.61. The van der Waals surface area contributed by atoms with Gasteiger partial charge in [0.15, 0.2) is 0 Å². The molecule has 0 aliphatic carbocycles. The van der Waals surface area contributed by atoms with E-state index in [0.717, 1.165) is 22.4 Å². The summed E-state index contributed by atoms with van der Waals surface area (Å²) in [7, 11) is 3.29. The van der Waals surface area contributed by atoms with Gasteiger partial charge < -0.3 is 14.5 Å². The number of hydrogen-bond donors (Lipinski definition) is 1. The largest absolute Gasteiger partial charge is 0.378 e. The zero-order valence-corrected chi connectivity index (χ0v) is 11.9. The van der Waals surface area contributed by atoms with Crippen molar-refractivity contribution in [1.29, 1.82) is 0 Å². The van der Waals surface area contributed by atoms with Crippen LogP contribution in [-0.4, -0.2) is 24.2 Å². The predicted octanol–water partition coefficient (Wildman–Crippen LogP) is 3.15. The first-order valence-corrected chi connectivity index (χ1v) is 6.14. The zero-order valence-electron chi connectivity index (χ0n) is 9.54. The Morgan fingerprint density at radius 1 is 1.50 bits per heavy atom. The monoisotopic (exact) mass is 306 g/mol. The van der Waals surface area contributed by atoms with Crippen molar-refractivity contribution in [2.45, 2.75) is 26.1 Å². The van der Waals surface area contributed by atoms with E-state index in [1.54, 1.807) is 14.2 Å². The summed E-state index contributed by atoms with van der Waals surface area (Å²) in [5.74, 6) is 0.741. The lowest BCUT2D eigenvalue weighted by Gasteiger charge is -2.14. The molecule has 16 heavy (non-hydrogen) atoms. The maximum absolute atomic E-state index is 5.32. The molecule has 1 aromatic heterocycles. The molecule has 6 heteroatoms. The van der Waals surface area contributed by atoms with Crippen LogP contribution in [0.15, 0.2) is 4.47 Å². The molecule has 0 aromatic carbocycles. The van der Waals surface area contributed by atoms with Crippen LogP contribution in [0, 0.1) is 4.64 Å². The number of hydrogen-bond acceptors (Lipinski definition) is 4. The van der Waals surface area contributed by atoms with E-state index in [4.69, 9.17) is 21.7 Å². The van der Waals surface area contributed by atoms with E-state index in [9.17, 15) is 0 Å². The first-order chi connectivity index (χ1) is 7.63. The van der Waals surface area contributed by atoms with Crippen molar-refractivity contribution >= 4 is 28.1 Å². The second-order valence-electron chi connectivity index (χ2n) is 3.29. The van der Waals surface area contributed by atoms with Crippen molar-refractivity contribution < 1.29 is 9.47 Å². The smallest absolute Gasteiger partial charge is 0.144 e. The van der Waals surface area contributed by atoms with Crippen LogP contribution in [0.25, 0.3) is 0 Å². The van der Waals surface area contributed by atoms with E-state index in [1.807, 2.05) is 6.92 Å². The van der Waals surface area contributed by atoms with Gasteiger partial charge in [0, 0.05) is 14.2 Å². The predicted molar refractivity (Wildman–Crippen MR) is 67.9 cm³/mol. The number of ether oxygens (including phenoxy) is 2. The second-order valence-corrected chi connectivity index (χ2v) is 4.47. The van der Waals surface area contributed by atoms with E-state index >= 15 is 0 Å². The van der Waals surface area contributed by atoms with E-state index in [1.165, 1.54) is 0 Å². The average Bonchev–Trinajstić information content (AvgIpc) is 2.27. The van der Waals surface area contributed by atoms with E-state index in [2.05, 4.69) is 25.9 Å². The number of H-pyrrole nitrogens is 1. The van der Waals surface area contributed by atoms with Gasteiger partial charge in [0.2, 0.25) is 0 Å². The van der Waals surface area contributed by atoms with Crippen molar-refractivity contribution in [3.63, 3.8) is 0 Å². The van der Waals surface area contributed by atoms with Crippen LogP contribution in [0.4, 0.5) is 0 Å². The van der Waals surface area contributed by atoms with Crippen molar-refractivity contribution in [2.24, 2.45) is 0 Å². The summed E-state index contributed by atoms with van der Waals surface area (Å²) in [4.78, 5) is 7.47. The normalized spacial score (nSPS) is 12.8. The minimum atomic E-state index is -0.0644. The molecule has 0 saturated heterocycles. The molecule has 0 aliphatic rings. The summed E-state index contributed by atoms with van der Waals surface area (Å²) in [6.07, 6.45) is 0.772. The topological polar surface area (TPSA) is 47.1 Å². The van der Waals surface area contributed by atoms with Crippen LogP contribution >= 0.6 is 28.1 Å². The maximum atomic E-state index is 5.32. The fourth-order valence-corrected chi connectivity index (χ4v) is 1.92. The summed E-state index contributed by atoms with van der Waals surface area (Å²) >= 11 is 8.56. The molecule has 1 atom stereocenters. The Hall–Kier alpha value is -0.300. The first kappa shape index (κ1) is 13.8. The van der Waals surface area contributed by atoms with Gasteiger partial charge in [0.1, 0.15) is 16.6 Å². The van der Waals surface area contributed by atoms with Crippen LogP contribution in [0.1, 0.15) is 31.0 Å². The highest BCUT2D eigenvalue weighted by Gasteiger charge is 2.13. The lowest BCUT2D eigenvalue weighted by molar-refractivity contribution is 0.0915. The SMILES string of the molecule is CCC(OC)c1nc(=S)c(Br)c(COC)[nH]1. The number of aromatic amines is 1. The molecule has 1 N–H and O–H groups in total. The Bertz CT molecular complexity index is 404. The molecule has 1 unspecified atom stereocenters. The van der Waals surface area contributed by atoms with Crippen LogP contribution in [0.2, 0.25) is 0 Å². The van der Waals surface area contributed by atoms with Gasteiger partial charge in [-0.3, -0.25) is 0 Å². The second kappa shape index (κ2) is 6.44.